The van der Waals surface area contributed by atoms with Crippen molar-refractivity contribution in [3.05, 3.63) is 54.3 Å². The Kier molecular flexibility index (Phi) is 2.92. The van der Waals surface area contributed by atoms with Crippen LogP contribution in [-0.4, -0.2) is 5.11 Å². The van der Waals surface area contributed by atoms with Crippen LogP contribution in [0.3, 0.4) is 0 Å². The third-order valence-electron chi connectivity index (χ3n) is 1.89. The van der Waals surface area contributed by atoms with Crippen LogP contribution < -0.4 is 0 Å². The molecule has 0 aliphatic heterocycles. The maximum Gasteiger partial charge on any atom is 0.129 e. The predicted molar refractivity (Wildman–Crippen MR) is 58.6 cm³/mol. The molecule has 0 heterocycles. The Morgan fingerprint density at radius 3 is 2.53 bits per heavy atom. The van der Waals surface area contributed by atoms with Gasteiger partial charge in [-0.2, -0.15) is 0 Å². The summed E-state index contributed by atoms with van der Waals surface area (Å²) < 4.78 is 12.9. The van der Waals surface area contributed by atoms with E-state index in [9.17, 15) is 9.50 Å². The van der Waals surface area contributed by atoms with Crippen molar-refractivity contribution >= 4 is 11.8 Å². The van der Waals surface area contributed by atoms with Crippen molar-refractivity contribution < 1.29 is 9.50 Å². The zero-order valence-corrected chi connectivity index (χ0v) is 8.67. The molecular weight excluding hydrogens is 211 g/mol. The van der Waals surface area contributed by atoms with Crippen LogP contribution in [0.15, 0.2) is 58.3 Å². The normalized spacial score (nSPS) is 10.2. The SMILES string of the molecule is Oc1ccccc1Sc1cccc(F)c1. The van der Waals surface area contributed by atoms with Crippen LogP contribution in [0.4, 0.5) is 4.39 Å². The second-order valence-electron chi connectivity index (χ2n) is 3.03. The van der Waals surface area contributed by atoms with E-state index in [0.717, 1.165) is 9.79 Å². The van der Waals surface area contributed by atoms with E-state index >= 15 is 0 Å². The lowest BCUT2D eigenvalue weighted by Gasteiger charge is -2.03. The van der Waals surface area contributed by atoms with Crippen molar-refractivity contribution in [3.8, 4) is 5.75 Å². The molecular formula is C12H9FOS. The Bertz CT molecular complexity index is 471. The van der Waals surface area contributed by atoms with E-state index < -0.39 is 0 Å². The molecule has 2 aromatic rings. The fourth-order valence-corrected chi connectivity index (χ4v) is 2.09. The fourth-order valence-electron chi connectivity index (χ4n) is 1.20. The summed E-state index contributed by atoms with van der Waals surface area (Å²) in [6.45, 7) is 0. The second kappa shape index (κ2) is 4.36. The molecule has 0 amide bonds. The molecule has 0 saturated carbocycles. The van der Waals surface area contributed by atoms with Crippen LogP contribution in [0.1, 0.15) is 0 Å². The number of halogens is 1. The summed E-state index contributed by atoms with van der Waals surface area (Å²) in [6.07, 6.45) is 0. The molecule has 0 bridgehead atoms. The van der Waals surface area contributed by atoms with Gasteiger partial charge in [0.1, 0.15) is 11.6 Å². The van der Waals surface area contributed by atoms with Gasteiger partial charge in [-0.3, -0.25) is 0 Å². The first-order valence-corrected chi connectivity index (χ1v) is 5.29. The molecule has 0 fully saturated rings. The van der Waals surface area contributed by atoms with Gasteiger partial charge < -0.3 is 5.11 Å². The highest BCUT2D eigenvalue weighted by atomic mass is 32.2. The highest BCUT2D eigenvalue weighted by Crippen LogP contribution is 2.33. The Morgan fingerprint density at radius 1 is 1.00 bits per heavy atom. The summed E-state index contributed by atoms with van der Waals surface area (Å²) in [5.41, 5.74) is 0. The Balaban J connectivity index is 2.26. The predicted octanol–water partition coefficient (Wildman–Crippen LogP) is 3.68. The van der Waals surface area contributed by atoms with E-state index in [-0.39, 0.29) is 11.6 Å². The van der Waals surface area contributed by atoms with E-state index in [4.69, 9.17) is 0 Å². The van der Waals surface area contributed by atoms with Gasteiger partial charge in [-0.25, -0.2) is 4.39 Å². The first-order chi connectivity index (χ1) is 7.25. The van der Waals surface area contributed by atoms with E-state index in [1.54, 1.807) is 30.3 Å². The van der Waals surface area contributed by atoms with Gasteiger partial charge in [0, 0.05) is 4.90 Å². The largest absolute Gasteiger partial charge is 0.507 e. The first kappa shape index (κ1) is 10.1. The summed E-state index contributed by atoms with van der Waals surface area (Å²) in [5, 5.41) is 9.53. The fraction of sp³-hybridized carbons (Fsp3) is 0. The van der Waals surface area contributed by atoms with Crippen LogP contribution in [0.5, 0.6) is 5.75 Å². The smallest absolute Gasteiger partial charge is 0.129 e. The van der Waals surface area contributed by atoms with Crippen LogP contribution in [0.25, 0.3) is 0 Å². The topological polar surface area (TPSA) is 20.2 Å². The van der Waals surface area contributed by atoms with Gasteiger partial charge in [0.2, 0.25) is 0 Å². The maximum atomic E-state index is 12.9. The third-order valence-corrected chi connectivity index (χ3v) is 2.94. The molecule has 0 atom stereocenters. The summed E-state index contributed by atoms with van der Waals surface area (Å²) in [4.78, 5) is 1.50. The Morgan fingerprint density at radius 2 is 1.80 bits per heavy atom. The molecule has 2 rings (SSSR count). The number of hydrogen-bond acceptors (Lipinski definition) is 2. The van der Waals surface area contributed by atoms with Gasteiger partial charge >= 0.3 is 0 Å². The van der Waals surface area contributed by atoms with Gasteiger partial charge in [0.05, 0.1) is 4.90 Å². The van der Waals surface area contributed by atoms with Gasteiger partial charge in [-0.05, 0) is 30.3 Å². The summed E-state index contributed by atoms with van der Waals surface area (Å²) >= 11 is 1.34. The molecule has 0 unspecified atom stereocenters. The van der Waals surface area contributed by atoms with Crippen molar-refractivity contribution in [3.63, 3.8) is 0 Å². The molecule has 0 aromatic heterocycles. The standard InChI is InChI=1S/C12H9FOS/c13-9-4-3-5-10(8-9)15-12-7-2-1-6-11(12)14/h1-8,14H. The minimum atomic E-state index is -0.268. The van der Waals surface area contributed by atoms with Crippen molar-refractivity contribution in [1.29, 1.82) is 0 Å². The molecule has 2 aromatic carbocycles. The molecule has 0 aliphatic carbocycles. The highest BCUT2D eigenvalue weighted by molar-refractivity contribution is 7.99. The van der Waals surface area contributed by atoms with Crippen molar-refractivity contribution in [2.75, 3.05) is 0 Å². The molecule has 1 nitrogen and oxygen atoms in total. The number of para-hydroxylation sites is 1. The van der Waals surface area contributed by atoms with Crippen LogP contribution in [-0.2, 0) is 0 Å². The molecule has 3 heteroatoms. The molecule has 1 N–H and O–H groups in total. The first-order valence-electron chi connectivity index (χ1n) is 4.47. The van der Waals surface area contributed by atoms with Gasteiger partial charge in [-0.1, -0.05) is 30.0 Å². The molecule has 0 radical (unpaired) electrons. The van der Waals surface area contributed by atoms with Crippen molar-refractivity contribution in [2.24, 2.45) is 0 Å². The van der Waals surface area contributed by atoms with Crippen LogP contribution in [0.2, 0.25) is 0 Å². The summed E-state index contributed by atoms with van der Waals surface area (Å²) in [5.74, 6) is -0.0535. The van der Waals surface area contributed by atoms with Crippen molar-refractivity contribution in [1.82, 2.24) is 0 Å². The Hall–Kier alpha value is -1.48. The average molecular weight is 220 g/mol. The monoisotopic (exact) mass is 220 g/mol. The lowest BCUT2D eigenvalue weighted by molar-refractivity contribution is 0.462. The van der Waals surface area contributed by atoms with Crippen LogP contribution >= 0.6 is 11.8 Å². The molecule has 76 valence electrons. The second-order valence-corrected chi connectivity index (χ2v) is 4.14. The van der Waals surface area contributed by atoms with E-state index in [1.165, 1.54) is 23.9 Å². The zero-order valence-electron chi connectivity index (χ0n) is 7.85. The lowest BCUT2D eigenvalue weighted by Crippen LogP contribution is -1.77. The molecule has 0 spiro atoms. The quantitative estimate of drug-likeness (QED) is 0.833. The van der Waals surface area contributed by atoms with E-state index in [1.807, 2.05) is 6.07 Å². The van der Waals surface area contributed by atoms with Crippen LogP contribution in [0, 0.1) is 5.82 Å². The third kappa shape index (κ3) is 2.50. The summed E-state index contributed by atoms with van der Waals surface area (Å²) in [7, 11) is 0. The molecule has 15 heavy (non-hydrogen) atoms. The van der Waals surface area contributed by atoms with Crippen molar-refractivity contribution in [2.45, 2.75) is 9.79 Å². The number of benzene rings is 2. The van der Waals surface area contributed by atoms with E-state index in [2.05, 4.69) is 0 Å². The number of phenolic OH excluding ortho intramolecular Hbond substituents is 1. The number of rotatable bonds is 2. The zero-order chi connectivity index (χ0) is 10.7. The summed E-state index contributed by atoms with van der Waals surface area (Å²) in [6, 6.07) is 13.3. The maximum absolute atomic E-state index is 12.9. The molecule has 0 saturated heterocycles. The minimum Gasteiger partial charge on any atom is -0.507 e. The number of hydrogen-bond donors (Lipinski definition) is 1. The average Bonchev–Trinajstić information content (AvgIpc) is 2.22. The highest BCUT2D eigenvalue weighted by Gasteiger charge is 2.02. The number of phenols is 1. The van der Waals surface area contributed by atoms with Gasteiger partial charge in [0.25, 0.3) is 0 Å². The van der Waals surface area contributed by atoms with E-state index in [0.29, 0.717) is 0 Å². The molecule has 0 aliphatic rings. The lowest BCUT2D eigenvalue weighted by atomic mass is 10.3. The van der Waals surface area contributed by atoms with Gasteiger partial charge in [-0.15, -0.1) is 0 Å². The Labute approximate surface area is 91.6 Å². The van der Waals surface area contributed by atoms with Gasteiger partial charge in [0.15, 0.2) is 0 Å². The minimum absolute atomic E-state index is 0.215. The number of aromatic hydroxyl groups is 1.